The summed E-state index contributed by atoms with van der Waals surface area (Å²) in [5, 5.41) is 36.4. The third-order valence-corrected chi connectivity index (χ3v) is 6.83. The molecule has 0 saturated carbocycles. The first-order valence-electron chi connectivity index (χ1n) is 12.3. The first-order chi connectivity index (χ1) is 21.7. The van der Waals surface area contributed by atoms with E-state index >= 15 is 0 Å². The topological polar surface area (TPSA) is 211 Å². The van der Waals surface area contributed by atoms with Crippen molar-refractivity contribution in [2.45, 2.75) is 0 Å². The van der Waals surface area contributed by atoms with Gasteiger partial charge in [-0.05, 0) is 54.6 Å². The number of hydrogen-bond acceptors (Lipinski definition) is 8. The summed E-state index contributed by atoms with van der Waals surface area (Å²) in [4.78, 5) is 50.9. The van der Waals surface area contributed by atoms with Crippen molar-refractivity contribution in [1.29, 1.82) is 0 Å². The minimum atomic E-state index is -1.09. The standard InChI is InChI=1S/C9H4ClFO2S.C9H7FO2.C7H5NO4.C5H5NO2/c10-7-5-2-1-4(11)3-6(5)14-8(7)9(12)13;10-8-4-2-1-3-7(8)5-6-9(11)12;9-7(10)5-1-3-6(4-2-5)8(11)12;6-5(7)4-2-1-3-8-4/h1-3H,(H,12,13);1-6H,(H,11,12);1-4H,(H,9,10);1-3H,(H2,6,7). The molecule has 5 aromatic rings. The number of rotatable bonds is 6. The van der Waals surface area contributed by atoms with Gasteiger partial charge in [0.15, 0.2) is 5.76 Å². The highest BCUT2D eigenvalue weighted by atomic mass is 35.5. The average molecular weight is 675 g/mol. The predicted molar refractivity (Wildman–Crippen MR) is 164 cm³/mol. The molecule has 2 aromatic heterocycles. The number of carboxylic acid groups (broad SMARTS) is 3. The number of aromatic carboxylic acids is 2. The van der Waals surface area contributed by atoms with Gasteiger partial charge < -0.3 is 25.5 Å². The molecule has 1 amide bonds. The normalized spacial score (nSPS) is 9.98. The number of carboxylic acids is 3. The number of carbonyl (C=O) groups excluding carboxylic acids is 1. The number of non-ortho nitro benzene ring substituents is 1. The molecule has 0 fully saturated rings. The monoisotopic (exact) mass is 674 g/mol. The quantitative estimate of drug-likeness (QED) is 0.0823. The fourth-order valence-electron chi connectivity index (χ4n) is 3.09. The van der Waals surface area contributed by atoms with Crippen LogP contribution in [0.1, 0.15) is 36.1 Å². The van der Waals surface area contributed by atoms with E-state index < -0.39 is 40.4 Å². The molecular weight excluding hydrogens is 654 g/mol. The van der Waals surface area contributed by atoms with Crippen LogP contribution in [0.15, 0.2) is 95.6 Å². The van der Waals surface area contributed by atoms with E-state index in [2.05, 4.69) is 4.42 Å². The van der Waals surface area contributed by atoms with Crippen LogP contribution in [0.4, 0.5) is 14.5 Å². The molecule has 46 heavy (non-hydrogen) atoms. The van der Waals surface area contributed by atoms with Gasteiger partial charge in [-0.2, -0.15) is 0 Å². The van der Waals surface area contributed by atoms with Crippen LogP contribution in [0.3, 0.4) is 0 Å². The summed E-state index contributed by atoms with van der Waals surface area (Å²) in [7, 11) is 0. The highest BCUT2D eigenvalue weighted by Crippen LogP contribution is 2.35. The number of furan rings is 1. The summed E-state index contributed by atoms with van der Waals surface area (Å²) in [5.74, 6) is -4.41. The highest BCUT2D eigenvalue weighted by molar-refractivity contribution is 7.21. The summed E-state index contributed by atoms with van der Waals surface area (Å²) in [6.07, 6.45) is 3.52. The molecule has 16 heteroatoms. The molecular formula is C30H21ClF2N2O10S. The molecule has 0 atom stereocenters. The largest absolute Gasteiger partial charge is 0.478 e. The lowest BCUT2D eigenvalue weighted by Crippen LogP contribution is -2.08. The summed E-state index contributed by atoms with van der Waals surface area (Å²) >= 11 is 6.79. The Kier molecular flexibility index (Phi) is 13.7. The molecule has 0 aliphatic rings. The van der Waals surface area contributed by atoms with Gasteiger partial charge in [0.1, 0.15) is 16.5 Å². The van der Waals surface area contributed by atoms with Crippen molar-refractivity contribution in [2.75, 3.05) is 0 Å². The van der Waals surface area contributed by atoms with Crippen molar-refractivity contribution >= 4 is 68.6 Å². The first-order valence-corrected chi connectivity index (χ1v) is 13.5. The van der Waals surface area contributed by atoms with Crippen molar-refractivity contribution in [3.05, 3.63) is 140 Å². The lowest BCUT2D eigenvalue weighted by molar-refractivity contribution is -0.384. The molecule has 0 spiro atoms. The van der Waals surface area contributed by atoms with Gasteiger partial charge in [-0.25, -0.2) is 23.2 Å². The lowest BCUT2D eigenvalue weighted by atomic mass is 10.2. The minimum Gasteiger partial charge on any atom is -0.478 e. The number of nitrogens with zero attached hydrogens (tertiary/aromatic N) is 1. The number of nitro groups is 1. The number of primary amides is 1. The Morgan fingerprint density at radius 3 is 2.04 bits per heavy atom. The lowest BCUT2D eigenvalue weighted by Gasteiger charge is -1.92. The Balaban J connectivity index is 0.000000217. The Hall–Kier alpha value is -5.93. The van der Waals surface area contributed by atoms with Crippen LogP contribution in [-0.4, -0.2) is 44.1 Å². The zero-order valence-corrected chi connectivity index (χ0v) is 24.6. The van der Waals surface area contributed by atoms with Crippen LogP contribution in [-0.2, 0) is 4.79 Å². The molecule has 0 aliphatic heterocycles. The van der Waals surface area contributed by atoms with Crippen molar-refractivity contribution in [1.82, 2.24) is 0 Å². The molecule has 0 aliphatic carbocycles. The Morgan fingerprint density at radius 2 is 1.57 bits per heavy atom. The molecule has 0 saturated heterocycles. The number of halogens is 3. The fourth-order valence-corrected chi connectivity index (χ4v) is 4.47. The van der Waals surface area contributed by atoms with Crippen molar-refractivity contribution in [3.8, 4) is 0 Å². The maximum Gasteiger partial charge on any atom is 0.347 e. The van der Waals surface area contributed by atoms with E-state index in [1.807, 2.05) is 0 Å². The van der Waals surface area contributed by atoms with Crippen LogP contribution in [0.2, 0.25) is 5.02 Å². The number of hydrogen-bond donors (Lipinski definition) is 4. The number of amides is 1. The van der Waals surface area contributed by atoms with Gasteiger partial charge in [-0.1, -0.05) is 29.8 Å². The van der Waals surface area contributed by atoms with Gasteiger partial charge in [0.25, 0.3) is 11.6 Å². The molecule has 12 nitrogen and oxygen atoms in total. The zero-order valence-electron chi connectivity index (χ0n) is 23.0. The summed E-state index contributed by atoms with van der Waals surface area (Å²) in [6.45, 7) is 0. The van der Waals surface area contributed by atoms with E-state index in [0.717, 1.165) is 29.5 Å². The fraction of sp³-hybridized carbons (Fsp3) is 0. The molecule has 0 bridgehead atoms. The second-order valence-corrected chi connectivity index (χ2v) is 9.76. The maximum absolute atomic E-state index is 12.8. The number of thiophene rings is 1. The van der Waals surface area contributed by atoms with Gasteiger partial charge in [0.2, 0.25) is 0 Å². The van der Waals surface area contributed by atoms with Crippen LogP contribution in [0.25, 0.3) is 16.2 Å². The number of fused-ring (bicyclic) bond motifs is 1. The number of nitrogens with two attached hydrogens (primary N) is 1. The van der Waals surface area contributed by atoms with Gasteiger partial charge in [-0.3, -0.25) is 14.9 Å². The summed E-state index contributed by atoms with van der Waals surface area (Å²) in [5.41, 5.74) is 5.03. The minimum absolute atomic E-state index is 0.0422. The second-order valence-electron chi connectivity index (χ2n) is 8.33. The summed E-state index contributed by atoms with van der Waals surface area (Å²) < 4.78 is 30.8. The van der Waals surface area contributed by atoms with Gasteiger partial charge in [0.05, 0.1) is 21.8 Å². The van der Waals surface area contributed by atoms with E-state index in [1.165, 1.54) is 60.9 Å². The van der Waals surface area contributed by atoms with Gasteiger partial charge in [-0.15, -0.1) is 11.3 Å². The number of aliphatic carboxylic acids is 1. The summed E-state index contributed by atoms with van der Waals surface area (Å²) in [6, 6.07) is 17.8. The van der Waals surface area contributed by atoms with Crippen molar-refractivity contribution in [3.63, 3.8) is 0 Å². The molecule has 2 heterocycles. The molecule has 238 valence electrons. The second kappa shape index (κ2) is 17.4. The number of carbonyl (C=O) groups is 4. The predicted octanol–water partition coefficient (Wildman–Crippen LogP) is 6.99. The smallest absolute Gasteiger partial charge is 0.347 e. The van der Waals surface area contributed by atoms with E-state index in [-0.39, 0.29) is 32.5 Å². The van der Waals surface area contributed by atoms with E-state index in [1.54, 1.807) is 18.2 Å². The van der Waals surface area contributed by atoms with Crippen molar-refractivity contribution in [2.24, 2.45) is 5.73 Å². The van der Waals surface area contributed by atoms with E-state index in [0.29, 0.717) is 10.1 Å². The maximum atomic E-state index is 12.8. The van der Waals surface area contributed by atoms with Crippen LogP contribution >= 0.6 is 22.9 Å². The molecule has 0 unspecified atom stereocenters. The van der Waals surface area contributed by atoms with E-state index in [4.69, 9.17) is 32.7 Å². The first kappa shape index (κ1) is 36.3. The van der Waals surface area contributed by atoms with Crippen molar-refractivity contribution < 1.29 is 52.6 Å². The number of benzene rings is 3. The van der Waals surface area contributed by atoms with E-state index in [9.17, 15) is 38.1 Å². The number of nitro benzene ring substituents is 1. The molecule has 5 N–H and O–H groups in total. The Labute approximate surface area is 266 Å². The van der Waals surface area contributed by atoms with Crippen LogP contribution in [0, 0.1) is 21.7 Å². The van der Waals surface area contributed by atoms with Gasteiger partial charge >= 0.3 is 17.9 Å². The molecule has 3 aromatic carbocycles. The van der Waals surface area contributed by atoms with Crippen LogP contribution < -0.4 is 5.73 Å². The highest BCUT2D eigenvalue weighted by Gasteiger charge is 2.16. The van der Waals surface area contributed by atoms with Crippen LogP contribution in [0.5, 0.6) is 0 Å². The average Bonchev–Trinajstić information content (AvgIpc) is 3.66. The third-order valence-electron chi connectivity index (χ3n) is 5.19. The Bertz CT molecular complexity index is 1840. The SMILES string of the molecule is NC(=O)c1ccco1.O=C(O)C=Cc1ccccc1F.O=C(O)c1ccc([N+](=O)[O-])cc1.O=C(O)c1sc2cc(F)ccc2c1Cl. The third kappa shape index (κ3) is 11.3. The molecule has 0 radical (unpaired) electrons. The molecule has 5 rings (SSSR count). The van der Waals surface area contributed by atoms with Gasteiger partial charge in [0, 0.05) is 33.9 Å². The Morgan fingerprint density at radius 1 is 0.913 bits per heavy atom. The zero-order chi connectivity index (χ0) is 34.4.